The number of hydrogen-bond acceptors (Lipinski definition) is 2. The third-order valence-corrected chi connectivity index (χ3v) is 3.76. The van der Waals surface area contributed by atoms with Gasteiger partial charge in [-0.1, -0.05) is 26.7 Å². The molecule has 14 heavy (non-hydrogen) atoms. The highest BCUT2D eigenvalue weighted by Gasteiger charge is 2.33. The van der Waals surface area contributed by atoms with E-state index in [0.717, 1.165) is 19.0 Å². The molecule has 1 rings (SSSR count). The van der Waals surface area contributed by atoms with Crippen LogP contribution in [0.4, 0.5) is 0 Å². The van der Waals surface area contributed by atoms with Crippen LogP contribution in [0.5, 0.6) is 0 Å². The number of hydrogen-bond donors (Lipinski definition) is 1. The Morgan fingerprint density at radius 1 is 1.21 bits per heavy atom. The van der Waals surface area contributed by atoms with Crippen LogP contribution < -0.4 is 5.32 Å². The van der Waals surface area contributed by atoms with Gasteiger partial charge < -0.3 is 10.1 Å². The molecule has 1 heterocycles. The van der Waals surface area contributed by atoms with Crippen LogP contribution in [-0.2, 0) is 4.74 Å². The van der Waals surface area contributed by atoms with Gasteiger partial charge in [-0.3, -0.25) is 0 Å². The summed E-state index contributed by atoms with van der Waals surface area (Å²) in [5.74, 6) is 0.841. The molecule has 1 aliphatic heterocycles. The molecular weight excluding hydrogens is 174 g/mol. The minimum Gasteiger partial charge on any atom is -0.378 e. The largest absolute Gasteiger partial charge is 0.378 e. The van der Waals surface area contributed by atoms with Gasteiger partial charge in [0.25, 0.3) is 0 Å². The first kappa shape index (κ1) is 12.0. The van der Waals surface area contributed by atoms with Crippen LogP contribution in [0, 0.1) is 5.92 Å². The summed E-state index contributed by atoms with van der Waals surface area (Å²) in [6.07, 6.45) is 6.18. The van der Waals surface area contributed by atoms with E-state index in [0.29, 0.717) is 0 Å². The lowest BCUT2D eigenvalue weighted by atomic mass is 9.81. The summed E-state index contributed by atoms with van der Waals surface area (Å²) >= 11 is 0. The van der Waals surface area contributed by atoms with Crippen molar-refractivity contribution in [2.45, 2.75) is 51.6 Å². The van der Waals surface area contributed by atoms with Crippen molar-refractivity contribution in [1.82, 2.24) is 5.32 Å². The fourth-order valence-corrected chi connectivity index (χ4v) is 2.48. The smallest absolute Gasteiger partial charge is 0.0705 e. The predicted octanol–water partition coefficient (Wildman–Crippen LogP) is 2.58. The number of methoxy groups -OCH3 is 1. The standard InChI is InChI=1S/C12H25NO/c1-4-11(5-2)10-12(14-3)6-8-13-9-7-12/h11,13H,4-10H2,1-3H3. The molecule has 0 radical (unpaired) electrons. The first-order chi connectivity index (χ1) is 6.76. The summed E-state index contributed by atoms with van der Waals surface area (Å²) in [4.78, 5) is 0. The Morgan fingerprint density at radius 2 is 1.79 bits per heavy atom. The Kier molecular flexibility index (Phi) is 4.90. The van der Waals surface area contributed by atoms with Gasteiger partial charge in [0.2, 0.25) is 0 Å². The van der Waals surface area contributed by atoms with Gasteiger partial charge >= 0.3 is 0 Å². The molecule has 0 spiro atoms. The summed E-state index contributed by atoms with van der Waals surface area (Å²) in [5, 5.41) is 3.40. The fraction of sp³-hybridized carbons (Fsp3) is 1.00. The molecule has 1 N–H and O–H groups in total. The average Bonchev–Trinajstić information content (AvgIpc) is 2.27. The van der Waals surface area contributed by atoms with E-state index in [9.17, 15) is 0 Å². The fourth-order valence-electron chi connectivity index (χ4n) is 2.48. The molecule has 1 saturated heterocycles. The lowest BCUT2D eigenvalue weighted by Crippen LogP contribution is -2.44. The average molecular weight is 199 g/mol. The van der Waals surface area contributed by atoms with Crippen LogP contribution in [0.1, 0.15) is 46.0 Å². The second-order valence-electron chi connectivity index (χ2n) is 4.52. The van der Waals surface area contributed by atoms with Gasteiger partial charge in [0.05, 0.1) is 5.60 Å². The second kappa shape index (κ2) is 5.72. The van der Waals surface area contributed by atoms with Crippen LogP contribution in [0.3, 0.4) is 0 Å². The number of ether oxygens (including phenoxy) is 1. The molecule has 0 unspecified atom stereocenters. The Balaban J connectivity index is 2.50. The monoisotopic (exact) mass is 199 g/mol. The molecule has 0 aromatic heterocycles. The van der Waals surface area contributed by atoms with Gasteiger partial charge in [-0.05, 0) is 38.3 Å². The summed E-state index contributed by atoms with van der Waals surface area (Å²) in [7, 11) is 1.88. The van der Waals surface area contributed by atoms with E-state index in [-0.39, 0.29) is 5.60 Å². The molecule has 0 aliphatic carbocycles. The van der Waals surface area contributed by atoms with Gasteiger partial charge in [-0.15, -0.1) is 0 Å². The minimum atomic E-state index is 0.182. The van der Waals surface area contributed by atoms with Crippen molar-refractivity contribution in [3.05, 3.63) is 0 Å². The Bertz CT molecular complexity index is 148. The molecule has 0 bridgehead atoms. The van der Waals surface area contributed by atoms with E-state index in [1.165, 1.54) is 32.1 Å². The summed E-state index contributed by atoms with van der Waals surface area (Å²) in [5.41, 5.74) is 0.182. The molecule has 0 saturated carbocycles. The first-order valence-corrected chi connectivity index (χ1v) is 6.02. The number of rotatable bonds is 5. The van der Waals surface area contributed by atoms with E-state index in [4.69, 9.17) is 4.74 Å². The Morgan fingerprint density at radius 3 is 2.21 bits per heavy atom. The van der Waals surface area contributed by atoms with Crippen LogP contribution in [-0.4, -0.2) is 25.8 Å². The molecule has 0 amide bonds. The molecule has 84 valence electrons. The number of piperidine rings is 1. The zero-order valence-electron chi connectivity index (χ0n) is 9.94. The maximum atomic E-state index is 5.77. The van der Waals surface area contributed by atoms with Crippen LogP contribution >= 0.6 is 0 Å². The van der Waals surface area contributed by atoms with Crippen LogP contribution in [0.2, 0.25) is 0 Å². The van der Waals surface area contributed by atoms with Gasteiger partial charge in [-0.2, -0.15) is 0 Å². The number of nitrogens with one attached hydrogen (secondary N) is 1. The highest BCUT2D eigenvalue weighted by molar-refractivity contribution is 4.87. The topological polar surface area (TPSA) is 21.3 Å². The highest BCUT2D eigenvalue weighted by atomic mass is 16.5. The van der Waals surface area contributed by atoms with Crippen LogP contribution in [0.25, 0.3) is 0 Å². The van der Waals surface area contributed by atoms with Crippen molar-refractivity contribution in [2.24, 2.45) is 5.92 Å². The SMILES string of the molecule is CCC(CC)CC1(OC)CCNCC1. The maximum absolute atomic E-state index is 5.77. The molecule has 2 heteroatoms. The van der Waals surface area contributed by atoms with Crippen molar-refractivity contribution in [3.8, 4) is 0 Å². The lowest BCUT2D eigenvalue weighted by molar-refractivity contribution is -0.0522. The minimum absolute atomic E-state index is 0.182. The van der Waals surface area contributed by atoms with Gasteiger partial charge in [-0.25, -0.2) is 0 Å². The molecule has 1 fully saturated rings. The van der Waals surface area contributed by atoms with Crippen molar-refractivity contribution >= 4 is 0 Å². The van der Waals surface area contributed by atoms with E-state index in [1.807, 2.05) is 7.11 Å². The van der Waals surface area contributed by atoms with Crippen molar-refractivity contribution in [3.63, 3.8) is 0 Å². The molecular formula is C12H25NO. The van der Waals surface area contributed by atoms with Crippen molar-refractivity contribution in [1.29, 1.82) is 0 Å². The van der Waals surface area contributed by atoms with E-state index in [2.05, 4.69) is 19.2 Å². The first-order valence-electron chi connectivity index (χ1n) is 6.02. The maximum Gasteiger partial charge on any atom is 0.0705 e. The molecule has 0 aromatic carbocycles. The Labute approximate surface area is 88.4 Å². The van der Waals surface area contributed by atoms with Gasteiger partial charge in [0.1, 0.15) is 0 Å². The van der Waals surface area contributed by atoms with Crippen molar-refractivity contribution < 1.29 is 4.74 Å². The summed E-state index contributed by atoms with van der Waals surface area (Å²) < 4.78 is 5.77. The zero-order chi connectivity index (χ0) is 10.4. The molecule has 2 nitrogen and oxygen atoms in total. The van der Waals surface area contributed by atoms with Crippen LogP contribution in [0.15, 0.2) is 0 Å². The van der Waals surface area contributed by atoms with E-state index >= 15 is 0 Å². The summed E-state index contributed by atoms with van der Waals surface area (Å²) in [6.45, 7) is 6.82. The van der Waals surface area contributed by atoms with E-state index < -0.39 is 0 Å². The van der Waals surface area contributed by atoms with E-state index in [1.54, 1.807) is 0 Å². The molecule has 0 aromatic rings. The molecule has 1 aliphatic rings. The Hall–Kier alpha value is -0.0800. The van der Waals surface area contributed by atoms with Gasteiger partial charge in [0.15, 0.2) is 0 Å². The van der Waals surface area contributed by atoms with Gasteiger partial charge in [0, 0.05) is 7.11 Å². The molecule has 0 atom stereocenters. The lowest BCUT2D eigenvalue weighted by Gasteiger charge is -2.38. The third kappa shape index (κ3) is 2.96. The zero-order valence-corrected chi connectivity index (χ0v) is 9.94. The summed E-state index contributed by atoms with van der Waals surface area (Å²) in [6, 6.07) is 0. The second-order valence-corrected chi connectivity index (χ2v) is 4.52. The quantitative estimate of drug-likeness (QED) is 0.735. The predicted molar refractivity (Wildman–Crippen MR) is 60.5 cm³/mol. The third-order valence-electron chi connectivity index (χ3n) is 3.76. The van der Waals surface area contributed by atoms with Crippen molar-refractivity contribution in [2.75, 3.05) is 20.2 Å². The normalized spacial score (nSPS) is 21.4. The highest BCUT2D eigenvalue weighted by Crippen LogP contribution is 2.32.